The van der Waals surface area contributed by atoms with Crippen molar-refractivity contribution in [1.29, 1.82) is 0 Å². The summed E-state index contributed by atoms with van der Waals surface area (Å²) in [4.78, 5) is 12.2. The molecule has 0 aromatic heterocycles. The summed E-state index contributed by atoms with van der Waals surface area (Å²) in [6.45, 7) is 0.683. The van der Waals surface area contributed by atoms with Gasteiger partial charge in [0.05, 0.1) is 5.41 Å². The molecular weight excluding hydrogens is 214 g/mol. The highest BCUT2D eigenvalue weighted by Gasteiger charge is 2.45. The lowest BCUT2D eigenvalue weighted by atomic mass is 9.64. The second-order valence-corrected chi connectivity index (χ2v) is 4.63. The molecule has 0 bridgehead atoms. The molecule has 92 valence electrons. The molecule has 1 aliphatic rings. The molecule has 17 heavy (non-hydrogen) atoms. The molecule has 1 aromatic carbocycles. The van der Waals surface area contributed by atoms with Crippen LogP contribution in [0.15, 0.2) is 30.3 Å². The molecule has 1 fully saturated rings. The van der Waals surface area contributed by atoms with Crippen molar-refractivity contribution in [3.8, 4) is 0 Å². The Hall–Kier alpha value is -1.35. The van der Waals surface area contributed by atoms with E-state index in [2.05, 4.69) is 5.32 Å². The standard InChI is InChI=1S/C14H19NO2/c16-11-5-10-15-13(17)14(8-4-9-14)12-6-2-1-3-7-12/h1-3,6-7,16H,4-5,8-11H2,(H,15,17). The first kappa shape index (κ1) is 12.1. The Bertz CT molecular complexity index is 371. The summed E-state index contributed by atoms with van der Waals surface area (Å²) in [5.74, 6) is 0.114. The third-order valence-electron chi connectivity index (χ3n) is 3.59. The van der Waals surface area contributed by atoms with Crippen molar-refractivity contribution in [1.82, 2.24) is 5.32 Å². The van der Waals surface area contributed by atoms with Crippen molar-refractivity contribution in [2.45, 2.75) is 31.1 Å². The number of hydrogen-bond acceptors (Lipinski definition) is 2. The van der Waals surface area contributed by atoms with Crippen LogP contribution < -0.4 is 5.32 Å². The maximum atomic E-state index is 12.2. The van der Waals surface area contributed by atoms with E-state index in [0.29, 0.717) is 13.0 Å². The first-order valence-corrected chi connectivity index (χ1v) is 6.24. The summed E-state index contributed by atoms with van der Waals surface area (Å²) in [5.41, 5.74) is 0.809. The minimum Gasteiger partial charge on any atom is -0.396 e. The Morgan fingerprint density at radius 1 is 1.29 bits per heavy atom. The van der Waals surface area contributed by atoms with Gasteiger partial charge in [-0.15, -0.1) is 0 Å². The van der Waals surface area contributed by atoms with Gasteiger partial charge in [-0.3, -0.25) is 4.79 Å². The molecule has 0 atom stereocenters. The molecule has 0 radical (unpaired) electrons. The quantitative estimate of drug-likeness (QED) is 0.759. The second-order valence-electron chi connectivity index (χ2n) is 4.63. The van der Waals surface area contributed by atoms with Gasteiger partial charge in [0.15, 0.2) is 0 Å². The van der Waals surface area contributed by atoms with Crippen LogP contribution in [0.2, 0.25) is 0 Å². The van der Waals surface area contributed by atoms with Gasteiger partial charge in [0.25, 0.3) is 0 Å². The predicted octanol–water partition coefficient (Wildman–Crippen LogP) is 1.61. The van der Waals surface area contributed by atoms with Crippen LogP contribution in [0, 0.1) is 0 Å². The predicted molar refractivity (Wildman–Crippen MR) is 66.7 cm³/mol. The second kappa shape index (κ2) is 5.32. The fraction of sp³-hybridized carbons (Fsp3) is 0.500. The molecule has 1 aliphatic carbocycles. The zero-order chi connectivity index (χ0) is 12.1. The third-order valence-corrected chi connectivity index (χ3v) is 3.59. The van der Waals surface area contributed by atoms with Gasteiger partial charge in [-0.05, 0) is 24.8 Å². The summed E-state index contributed by atoms with van der Waals surface area (Å²) in [7, 11) is 0. The van der Waals surface area contributed by atoms with Crippen molar-refractivity contribution < 1.29 is 9.90 Å². The van der Waals surface area contributed by atoms with E-state index in [-0.39, 0.29) is 17.9 Å². The Morgan fingerprint density at radius 3 is 2.53 bits per heavy atom. The van der Waals surface area contributed by atoms with E-state index in [9.17, 15) is 4.79 Å². The Balaban J connectivity index is 2.07. The Kier molecular flexibility index (Phi) is 3.79. The Labute approximate surface area is 102 Å². The summed E-state index contributed by atoms with van der Waals surface area (Å²) in [5, 5.41) is 11.6. The van der Waals surface area contributed by atoms with Gasteiger partial charge in [0.1, 0.15) is 0 Å². The van der Waals surface area contributed by atoms with E-state index in [1.165, 1.54) is 0 Å². The number of carbonyl (C=O) groups excluding carboxylic acids is 1. The van der Waals surface area contributed by atoms with Crippen LogP contribution in [-0.4, -0.2) is 24.2 Å². The van der Waals surface area contributed by atoms with Gasteiger partial charge in [0, 0.05) is 13.2 Å². The number of aliphatic hydroxyl groups excluding tert-OH is 1. The van der Waals surface area contributed by atoms with Crippen LogP contribution in [0.4, 0.5) is 0 Å². The summed E-state index contributed by atoms with van der Waals surface area (Å²) in [6, 6.07) is 10.0. The van der Waals surface area contributed by atoms with E-state index in [1.54, 1.807) is 0 Å². The highest BCUT2D eigenvalue weighted by molar-refractivity contribution is 5.89. The number of nitrogens with one attached hydrogen (secondary N) is 1. The van der Waals surface area contributed by atoms with Crippen molar-refractivity contribution in [2.24, 2.45) is 0 Å². The lowest BCUT2D eigenvalue weighted by molar-refractivity contribution is -0.129. The first-order valence-electron chi connectivity index (χ1n) is 6.24. The normalized spacial score (nSPS) is 17.2. The van der Waals surface area contributed by atoms with E-state index in [1.807, 2.05) is 30.3 Å². The number of rotatable bonds is 5. The number of carbonyl (C=O) groups is 1. The molecule has 0 saturated heterocycles. The van der Waals surface area contributed by atoms with Crippen molar-refractivity contribution in [2.75, 3.05) is 13.2 Å². The maximum absolute atomic E-state index is 12.2. The lowest BCUT2D eigenvalue weighted by Gasteiger charge is -2.40. The van der Waals surface area contributed by atoms with Gasteiger partial charge in [-0.1, -0.05) is 36.8 Å². The molecule has 0 heterocycles. The van der Waals surface area contributed by atoms with Crippen LogP contribution in [0.3, 0.4) is 0 Å². The summed E-state index contributed by atoms with van der Waals surface area (Å²) in [6.07, 6.45) is 3.60. The molecule has 0 unspecified atom stereocenters. The zero-order valence-electron chi connectivity index (χ0n) is 9.98. The van der Waals surface area contributed by atoms with Crippen LogP contribution >= 0.6 is 0 Å². The molecular formula is C14H19NO2. The van der Waals surface area contributed by atoms with Crippen LogP contribution in [0.5, 0.6) is 0 Å². The molecule has 0 aliphatic heterocycles. The van der Waals surface area contributed by atoms with Gasteiger partial charge < -0.3 is 10.4 Å². The van der Waals surface area contributed by atoms with Gasteiger partial charge in [-0.2, -0.15) is 0 Å². The van der Waals surface area contributed by atoms with E-state index >= 15 is 0 Å². The maximum Gasteiger partial charge on any atom is 0.230 e. The van der Waals surface area contributed by atoms with Crippen molar-refractivity contribution >= 4 is 5.91 Å². The first-order chi connectivity index (χ1) is 8.29. The average molecular weight is 233 g/mol. The zero-order valence-corrected chi connectivity index (χ0v) is 9.98. The molecule has 3 heteroatoms. The Morgan fingerprint density at radius 2 is 2.00 bits per heavy atom. The van der Waals surface area contributed by atoms with E-state index in [0.717, 1.165) is 24.8 Å². The molecule has 1 amide bonds. The molecule has 1 saturated carbocycles. The fourth-order valence-electron chi connectivity index (χ4n) is 2.38. The smallest absolute Gasteiger partial charge is 0.230 e. The average Bonchev–Trinajstić information content (AvgIpc) is 2.29. The van der Waals surface area contributed by atoms with Gasteiger partial charge in [0.2, 0.25) is 5.91 Å². The summed E-state index contributed by atoms with van der Waals surface area (Å²) < 4.78 is 0. The lowest BCUT2D eigenvalue weighted by Crippen LogP contribution is -2.49. The minimum atomic E-state index is -0.309. The van der Waals surface area contributed by atoms with E-state index in [4.69, 9.17) is 5.11 Å². The molecule has 3 nitrogen and oxygen atoms in total. The van der Waals surface area contributed by atoms with Gasteiger partial charge >= 0.3 is 0 Å². The SMILES string of the molecule is O=C(NCCCO)C1(c2ccccc2)CCC1. The van der Waals surface area contributed by atoms with E-state index < -0.39 is 0 Å². The van der Waals surface area contributed by atoms with Crippen LogP contribution in [0.1, 0.15) is 31.2 Å². The van der Waals surface area contributed by atoms with Crippen LogP contribution in [-0.2, 0) is 10.2 Å². The summed E-state index contributed by atoms with van der Waals surface area (Å²) >= 11 is 0. The topological polar surface area (TPSA) is 49.3 Å². The number of amides is 1. The van der Waals surface area contributed by atoms with Crippen molar-refractivity contribution in [3.05, 3.63) is 35.9 Å². The third kappa shape index (κ3) is 2.34. The largest absolute Gasteiger partial charge is 0.396 e. The highest BCUT2D eigenvalue weighted by atomic mass is 16.3. The van der Waals surface area contributed by atoms with Crippen molar-refractivity contribution in [3.63, 3.8) is 0 Å². The molecule has 1 aromatic rings. The fourth-order valence-corrected chi connectivity index (χ4v) is 2.38. The highest BCUT2D eigenvalue weighted by Crippen LogP contribution is 2.43. The number of aliphatic hydroxyl groups is 1. The molecule has 0 spiro atoms. The minimum absolute atomic E-state index is 0.114. The monoisotopic (exact) mass is 233 g/mol. The number of benzene rings is 1. The molecule has 2 rings (SSSR count). The van der Waals surface area contributed by atoms with Crippen LogP contribution in [0.25, 0.3) is 0 Å². The number of hydrogen-bond donors (Lipinski definition) is 2. The molecule has 2 N–H and O–H groups in total. The van der Waals surface area contributed by atoms with Gasteiger partial charge in [-0.25, -0.2) is 0 Å².